The van der Waals surface area contributed by atoms with Gasteiger partial charge in [0.25, 0.3) is 5.56 Å². The van der Waals surface area contributed by atoms with Crippen LogP contribution in [-0.2, 0) is 6.42 Å². The van der Waals surface area contributed by atoms with Crippen molar-refractivity contribution in [2.24, 2.45) is 0 Å². The lowest BCUT2D eigenvalue weighted by atomic mass is 9.99. The average molecular weight is 340 g/mol. The van der Waals surface area contributed by atoms with Gasteiger partial charge in [-0.25, -0.2) is 9.97 Å². The monoisotopic (exact) mass is 339 g/mol. The zero-order chi connectivity index (χ0) is 17.1. The van der Waals surface area contributed by atoms with Crippen LogP contribution >= 0.6 is 11.6 Å². The summed E-state index contributed by atoms with van der Waals surface area (Å²) in [6.07, 6.45) is 8.97. The molecule has 0 radical (unpaired) electrons. The number of nitrogens with one attached hydrogen (secondary N) is 1. The van der Waals surface area contributed by atoms with Gasteiger partial charge in [0.1, 0.15) is 5.15 Å². The Kier molecular flexibility index (Phi) is 4.76. The fraction of sp³-hybridized carbons (Fsp3) is 0.211. The number of pyridine rings is 1. The highest BCUT2D eigenvalue weighted by Crippen LogP contribution is 2.10. The Labute approximate surface area is 144 Å². The van der Waals surface area contributed by atoms with Crippen LogP contribution < -0.4 is 16.0 Å². The summed E-state index contributed by atoms with van der Waals surface area (Å²) in [7, 11) is 0. The summed E-state index contributed by atoms with van der Waals surface area (Å²) in [5.74, 6) is 0. The first-order chi connectivity index (χ1) is 11.6. The van der Waals surface area contributed by atoms with Crippen LogP contribution in [0.4, 0.5) is 0 Å². The van der Waals surface area contributed by atoms with Crippen molar-refractivity contribution in [1.29, 1.82) is 0 Å². The molecule has 0 spiro atoms. The molecule has 1 aromatic carbocycles. The molecule has 0 saturated heterocycles. The third-order valence-electron chi connectivity index (χ3n) is 3.98. The molecule has 0 aliphatic rings. The Hall–Kier alpha value is -2.46. The van der Waals surface area contributed by atoms with Gasteiger partial charge in [-0.1, -0.05) is 36.7 Å². The van der Waals surface area contributed by atoms with Gasteiger partial charge in [0.15, 0.2) is 0 Å². The molecule has 3 rings (SSSR count). The summed E-state index contributed by atoms with van der Waals surface area (Å²) in [5, 5.41) is 3.21. The Morgan fingerprint density at radius 2 is 2.08 bits per heavy atom. The number of H-pyrrole nitrogens is 1. The fourth-order valence-electron chi connectivity index (χ4n) is 2.94. The minimum Gasteiger partial charge on any atom is -0.313 e. The summed E-state index contributed by atoms with van der Waals surface area (Å²) >= 11 is 5.86. The average Bonchev–Trinajstić information content (AvgIpc) is 2.58. The van der Waals surface area contributed by atoms with Crippen molar-refractivity contribution in [2.45, 2.75) is 26.7 Å². The van der Waals surface area contributed by atoms with Crippen molar-refractivity contribution in [2.75, 3.05) is 0 Å². The second kappa shape index (κ2) is 6.97. The molecule has 1 N–H and O–H groups in total. The Morgan fingerprint density at radius 1 is 1.25 bits per heavy atom. The number of aromatic amines is 1. The van der Waals surface area contributed by atoms with Gasteiger partial charge in [-0.3, -0.25) is 4.79 Å². The van der Waals surface area contributed by atoms with Crippen molar-refractivity contribution < 1.29 is 0 Å². The second-order valence-electron chi connectivity index (χ2n) is 5.56. The van der Waals surface area contributed by atoms with E-state index in [1.54, 1.807) is 12.3 Å². The van der Waals surface area contributed by atoms with Crippen molar-refractivity contribution in [1.82, 2.24) is 15.0 Å². The van der Waals surface area contributed by atoms with Crippen LogP contribution in [0.15, 0.2) is 35.5 Å². The molecule has 24 heavy (non-hydrogen) atoms. The van der Waals surface area contributed by atoms with E-state index in [9.17, 15) is 4.79 Å². The highest BCUT2D eigenvalue weighted by atomic mass is 35.5. The Balaban J connectivity index is 2.31. The standard InChI is InChI=1S/C19H18ClN3O/c1-3-5-15-14(4-2)13(8-12-6-7-17(20)21-10-12)9-16-18(15)22-11-23-19(16)24/h4-7,9-11H,3,8H2,1-2H3,(H,22,23,24). The van der Waals surface area contributed by atoms with Crippen LogP contribution in [0, 0.1) is 0 Å². The van der Waals surface area contributed by atoms with Gasteiger partial charge >= 0.3 is 0 Å². The van der Waals surface area contributed by atoms with E-state index in [1.165, 1.54) is 6.33 Å². The van der Waals surface area contributed by atoms with Crippen molar-refractivity contribution >= 4 is 34.7 Å². The van der Waals surface area contributed by atoms with Crippen LogP contribution in [0.3, 0.4) is 0 Å². The normalized spacial score (nSPS) is 13.0. The van der Waals surface area contributed by atoms with Crippen molar-refractivity contribution in [3.63, 3.8) is 0 Å². The number of fused-ring (bicyclic) bond motifs is 1. The molecule has 3 aromatic rings. The molecule has 0 atom stereocenters. The van der Waals surface area contributed by atoms with Crippen LogP contribution in [0.5, 0.6) is 0 Å². The van der Waals surface area contributed by atoms with E-state index in [0.717, 1.165) is 33.5 Å². The van der Waals surface area contributed by atoms with E-state index in [0.29, 0.717) is 17.0 Å². The van der Waals surface area contributed by atoms with E-state index in [1.807, 2.05) is 19.1 Å². The number of rotatable bonds is 3. The maximum atomic E-state index is 12.2. The lowest BCUT2D eigenvalue weighted by Gasteiger charge is -2.07. The molecule has 0 aliphatic carbocycles. The van der Waals surface area contributed by atoms with E-state index < -0.39 is 0 Å². The van der Waals surface area contributed by atoms with E-state index in [2.05, 4.69) is 34.0 Å². The Bertz CT molecular complexity index is 1050. The van der Waals surface area contributed by atoms with Gasteiger partial charge in [-0.2, -0.15) is 0 Å². The molecule has 0 saturated carbocycles. The topological polar surface area (TPSA) is 58.6 Å². The maximum absolute atomic E-state index is 12.2. The van der Waals surface area contributed by atoms with Crippen LogP contribution in [0.2, 0.25) is 5.15 Å². The molecule has 4 nitrogen and oxygen atoms in total. The number of nitrogens with zero attached hydrogens (tertiary/aromatic N) is 2. The minimum absolute atomic E-state index is 0.121. The van der Waals surface area contributed by atoms with Gasteiger partial charge in [-0.15, -0.1) is 0 Å². The third-order valence-corrected chi connectivity index (χ3v) is 4.20. The lowest BCUT2D eigenvalue weighted by molar-refractivity contribution is 1.11. The zero-order valence-corrected chi connectivity index (χ0v) is 14.4. The van der Waals surface area contributed by atoms with Crippen LogP contribution in [0.25, 0.3) is 23.1 Å². The van der Waals surface area contributed by atoms with E-state index in [-0.39, 0.29) is 5.56 Å². The molecule has 0 amide bonds. The number of benzene rings is 1. The molecule has 5 heteroatoms. The highest BCUT2D eigenvalue weighted by Gasteiger charge is 2.08. The first-order valence-corrected chi connectivity index (χ1v) is 8.28. The third kappa shape index (κ3) is 3.10. The largest absolute Gasteiger partial charge is 0.313 e. The first kappa shape index (κ1) is 16.4. The summed E-state index contributed by atoms with van der Waals surface area (Å²) in [4.78, 5) is 23.4. The van der Waals surface area contributed by atoms with Crippen molar-refractivity contribution in [3.8, 4) is 0 Å². The molecular formula is C19H18ClN3O. The van der Waals surface area contributed by atoms with E-state index >= 15 is 0 Å². The molecule has 2 heterocycles. The molecular weight excluding hydrogens is 322 g/mol. The highest BCUT2D eigenvalue weighted by molar-refractivity contribution is 6.29. The quantitative estimate of drug-likeness (QED) is 0.746. The zero-order valence-electron chi connectivity index (χ0n) is 13.6. The molecule has 122 valence electrons. The van der Waals surface area contributed by atoms with Crippen molar-refractivity contribution in [3.05, 3.63) is 67.8 Å². The fourth-order valence-corrected chi connectivity index (χ4v) is 3.05. The van der Waals surface area contributed by atoms with Gasteiger partial charge in [-0.05, 0) is 48.2 Å². The smallest absolute Gasteiger partial charge is 0.258 e. The van der Waals surface area contributed by atoms with Gasteiger partial charge in [0.2, 0.25) is 0 Å². The molecule has 2 aromatic heterocycles. The number of hydrogen-bond acceptors (Lipinski definition) is 3. The van der Waals surface area contributed by atoms with Crippen LogP contribution in [-0.4, -0.2) is 15.0 Å². The number of halogens is 1. The van der Waals surface area contributed by atoms with Gasteiger partial charge < -0.3 is 4.98 Å². The molecule has 0 aliphatic heterocycles. The van der Waals surface area contributed by atoms with Crippen LogP contribution in [0.1, 0.15) is 31.4 Å². The van der Waals surface area contributed by atoms with E-state index in [4.69, 9.17) is 11.6 Å². The van der Waals surface area contributed by atoms with Gasteiger partial charge in [0, 0.05) is 11.4 Å². The predicted octanol–water partition coefficient (Wildman–Crippen LogP) is 2.55. The van der Waals surface area contributed by atoms with Gasteiger partial charge in [0.05, 0.1) is 17.2 Å². The predicted molar refractivity (Wildman–Crippen MR) is 98.6 cm³/mol. The minimum atomic E-state index is -0.121. The lowest BCUT2D eigenvalue weighted by Crippen LogP contribution is -2.31. The summed E-state index contributed by atoms with van der Waals surface area (Å²) in [6, 6.07) is 5.66. The first-order valence-electron chi connectivity index (χ1n) is 7.90. The summed E-state index contributed by atoms with van der Waals surface area (Å²) in [6.45, 7) is 4.08. The summed E-state index contributed by atoms with van der Waals surface area (Å²) < 4.78 is 0. The number of aromatic nitrogens is 3. The summed E-state index contributed by atoms with van der Waals surface area (Å²) in [5.41, 5.74) is 2.74. The molecule has 0 bridgehead atoms. The second-order valence-corrected chi connectivity index (χ2v) is 5.95. The maximum Gasteiger partial charge on any atom is 0.258 e. The molecule has 0 fully saturated rings. The number of hydrogen-bond donors (Lipinski definition) is 1. The Morgan fingerprint density at radius 3 is 2.75 bits per heavy atom. The molecule has 0 unspecified atom stereocenters. The SMILES string of the molecule is CC=c1c(Cc2ccc(Cl)nc2)cc2c(=O)[nH]cnc2c1=CCC.